The van der Waals surface area contributed by atoms with Crippen molar-refractivity contribution in [1.82, 2.24) is 5.32 Å². The second-order valence-corrected chi connectivity index (χ2v) is 2.61. The number of hydrogen-bond donors (Lipinski definition) is 3. The van der Waals surface area contributed by atoms with E-state index in [0.29, 0.717) is 6.42 Å². The summed E-state index contributed by atoms with van der Waals surface area (Å²) in [6, 6.07) is -0.466. The SMILES string of the molecule is CC.CNCCCC[C@H](N)C(N)=O. The predicted octanol–water partition coefficient (Wildman–Crippen LogP) is 0.215. The highest BCUT2D eigenvalue weighted by Crippen LogP contribution is 1.96. The van der Waals surface area contributed by atoms with Crippen molar-refractivity contribution in [2.45, 2.75) is 39.2 Å². The van der Waals surface area contributed by atoms with Crippen molar-refractivity contribution in [2.75, 3.05) is 13.6 Å². The van der Waals surface area contributed by atoms with E-state index < -0.39 is 11.9 Å². The smallest absolute Gasteiger partial charge is 0.234 e. The van der Waals surface area contributed by atoms with Gasteiger partial charge in [0.05, 0.1) is 6.04 Å². The van der Waals surface area contributed by atoms with Gasteiger partial charge in [-0.2, -0.15) is 0 Å². The van der Waals surface area contributed by atoms with E-state index in [1.807, 2.05) is 20.9 Å². The van der Waals surface area contributed by atoms with E-state index in [1.165, 1.54) is 0 Å². The van der Waals surface area contributed by atoms with Crippen LogP contribution < -0.4 is 16.8 Å². The van der Waals surface area contributed by atoms with Gasteiger partial charge in [-0.1, -0.05) is 20.3 Å². The number of unbranched alkanes of at least 4 members (excludes halogenated alkanes) is 1. The average molecular weight is 189 g/mol. The van der Waals surface area contributed by atoms with Gasteiger partial charge < -0.3 is 16.8 Å². The Labute approximate surface area is 81.1 Å². The number of amides is 1. The molecule has 0 aromatic rings. The topological polar surface area (TPSA) is 81.1 Å². The molecule has 0 aliphatic rings. The summed E-state index contributed by atoms with van der Waals surface area (Å²) in [6.45, 7) is 4.96. The lowest BCUT2D eigenvalue weighted by Crippen LogP contribution is -2.36. The largest absolute Gasteiger partial charge is 0.368 e. The van der Waals surface area contributed by atoms with Gasteiger partial charge in [0, 0.05) is 0 Å². The van der Waals surface area contributed by atoms with Crippen molar-refractivity contribution in [2.24, 2.45) is 11.5 Å². The first-order valence-electron chi connectivity index (χ1n) is 4.88. The van der Waals surface area contributed by atoms with E-state index in [2.05, 4.69) is 5.32 Å². The molecule has 0 saturated carbocycles. The molecule has 0 unspecified atom stereocenters. The molecular formula is C9H23N3O. The van der Waals surface area contributed by atoms with E-state index in [0.717, 1.165) is 19.4 Å². The molecule has 1 atom stereocenters. The van der Waals surface area contributed by atoms with Crippen LogP contribution in [0, 0.1) is 0 Å². The second kappa shape index (κ2) is 11.4. The summed E-state index contributed by atoms with van der Waals surface area (Å²) in [5.74, 6) is -0.408. The quantitative estimate of drug-likeness (QED) is 0.523. The number of rotatable bonds is 6. The molecule has 0 heterocycles. The molecule has 0 aliphatic heterocycles. The first-order valence-corrected chi connectivity index (χ1v) is 4.88. The Balaban J connectivity index is 0. The lowest BCUT2D eigenvalue weighted by Gasteiger charge is -2.05. The Morgan fingerprint density at radius 1 is 1.38 bits per heavy atom. The fourth-order valence-corrected chi connectivity index (χ4v) is 0.808. The van der Waals surface area contributed by atoms with E-state index in [1.54, 1.807) is 0 Å². The summed E-state index contributed by atoms with van der Waals surface area (Å²) in [7, 11) is 1.90. The highest BCUT2D eigenvalue weighted by atomic mass is 16.1. The molecule has 0 spiro atoms. The summed E-state index contributed by atoms with van der Waals surface area (Å²) >= 11 is 0. The fraction of sp³-hybridized carbons (Fsp3) is 0.889. The molecule has 80 valence electrons. The molecule has 0 rings (SSSR count). The lowest BCUT2D eigenvalue weighted by molar-refractivity contribution is -0.119. The lowest BCUT2D eigenvalue weighted by atomic mass is 10.1. The number of carbonyl (C=O) groups excluding carboxylic acids is 1. The Morgan fingerprint density at radius 2 is 1.92 bits per heavy atom. The van der Waals surface area contributed by atoms with Crippen LogP contribution in [-0.4, -0.2) is 25.5 Å². The van der Waals surface area contributed by atoms with Gasteiger partial charge in [0.25, 0.3) is 0 Å². The third kappa shape index (κ3) is 11.4. The minimum Gasteiger partial charge on any atom is -0.368 e. The van der Waals surface area contributed by atoms with Crippen molar-refractivity contribution in [3.8, 4) is 0 Å². The maximum atomic E-state index is 10.4. The number of primary amides is 1. The Morgan fingerprint density at radius 3 is 2.31 bits per heavy atom. The number of hydrogen-bond acceptors (Lipinski definition) is 3. The average Bonchev–Trinajstić information content (AvgIpc) is 2.15. The molecule has 0 saturated heterocycles. The van der Waals surface area contributed by atoms with Crippen LogP contribution in [-0.2, 0) is 4.79 Å². The molecule has 0 aromatic carbocycles. The summed E-state index contributed by atoms with van der Waals surface area (Å²) in [6.07, 6.45) is 2.68. The third-order valence-corrected chi connectivity index (χ3v) is 1.56. The van der Waals surface area contributed by atoms with Gasteiger partial charge in [-0.3, -0.25) is 4.79 Å². The Kier molecular flexibility index (Phi) is 13.0. The summed E-state index contributed by atoms with van der Waals surface area (Å²) in [4.78, 5) is 10.4. The molecule has 4 nitrogen and oxygen atoms in total. The zero-order chi connectivity index (χ0) is 10.7. The van der Waals surface area contributed by atoms with E-state index in [4.69, 9.17) is 11.5 Å². The van der Waals surface area contributed by atoms with Crippen LogP contribution >= 0.6 is 0 Å². The van der Waals surface area contributed by atoms with Crippen LogP contribution in [0.3, 0.4) is 0 Å². The fourth-order valence-electron chi connectivity index (χ4n) is 0.808. The monoisotopic (exact) mass is 189 g/mol. The van der Waals surface area contributed by atoms with E-state index in [9.17, 15) is 4.79 Å². The highest BCUT2D eigenvalue weighted by molar-refractivity contribution is 5.79. The Hall–Kier alpha value is -0.610. The van der Waals surface area contributed by atoms with Crippen LogP contribution in [0.1, 0.15) is 33.1 Å². The first-order chi connectivity index (χ1) is 6.18. The zero-order valence-corrected chi connectivity index (χ0v) is 8.97. The maximum Gasteiger partial charge on any atom is 0.234 e. The molecule has 4 heteroatoms. The van der Waals surface area contributed by atoms with Gasteiger partial charge >= 0.3 is 0 Å². The first kappa shape index (κ1) is 14.9. The van der Waals surface area contributed by atoms with Crippen molar-refractivity contribution >= 4 is 5.91 Å². The van der Waals surface area contributed by atoms with Gasteiger partial charge in [-0.15, -0.1) is 0 Å². The molecule has 5 N–H and O–H groups in total. The van der Waals surface area contributed by atoms with Crippen molar-refractivity contribution < 1.29 is 4.79 Å². The molecule has 1 amide bonds. The molecule has 13 heavy (non-hydrogen) atoms. The molecule has 0 aliphatic carbocycles. The number of nitrogens with two attached hydrogens (primary N) is 2. The van der Waals surface area contributed by atoms with Gasteiger partial charge in [0.15, 0.2) is 0 Å². The van der Waals surface area contributed by atoms with Crippen molar-refractivity contribution in [3.05, 3.63) is 0 Å². The van der Waals surface area contributed by atoms with Gasteiger partial charge in [0.1, 0.15) is 0 Å². The molecule has 0 fully saturated rings. The highest BCUT2D eigenvalue weighted by Gasteiger charge is 2.06. The second-order valence-electron chi connectivity index (χ2n) is 2.61. The van der Waals surface area contributed by atoms with Crippen molar-refractivity contribution in [3.63, 3.8) is 0 Å². The predicted molar refractivity (Wildman–Crippen MR) is 56.3 cm³/mol. The van der Waals surface area contributed by atoms with Crippen LogP contribution in [0.25, 0.3) is 0 Å². The molecule has 0 aromatic heterocycles. The number of nitrogens with one attached hydrogen (secondary N) is 1. The van der Waals surface area contributed by atoms with Crippen LogP contribution in [0.2, 0.25) is 0 Å². The van der Waals surface area contributed by atoms with Crippen molar-refractivity contribution in [1.29, 1.82) is 0 Å². The van der Waals surface area contributed by atoms with E-state index in [-0.39, 0.29) is 0 Å². The maximum absolute atomic E-state index is 10.4. The van der Waals surface area contributed by atoms with Crippen LogP contribution in [0.5, 0.6) is 0 Å². The standard InChI is InChI=1S/C7H17N3O.C2H6/c1-10-5-3-2-4-6(8)7(9)11;1-2/h6,10H,2-5,8H2,1H3,(H2,9,11);1-2H3/t6-;/m0./s1. The third-order valence-electron chi connectivity index (χ3n) is 1.56. The Bertz CT molecular complexity index is 117. The number of carbonyl (C=O) groups is 1. The minimum atomic E-state index is -0.466. The van der Waals surface area contributed by atoms with Gasteiger partial charge in [-0.25, -0.2) is 0 Å². The molecule has 0 bridgehead atoms. The summed E-state index contributed by atoms with van der Waals surface area (Å²) in [5, 5.41) is 3.01. The zero-order valence-electron chi connectivity index (χ0n) is 8.97. The summed E-state index contributed by atoms with van der Waals surface area (Å²) < 4.78 is 0. The minimum absolute atomic E-state index is 0.408. The van der Waals surface area contributed by atoms with Gasteiger partial charge in [0.2, 0.25) is 5.91 Å². The van der Waals surface area contributed by atoms with Crippen LogP contribution in [0.4, 0.5) is 0 Å². The molecule has 0 radical (unpaired) electrons. The van der Waals surface area contributed by atoms with Crippen LogP contribution in [0.15, 0.2) is 0 Å². The van der Waals surface area contributed by atoms with E-state index >= 15 is 0 Å². The normalized spacial score (nSPS) is 11.4. The van der Waals surface area contributed by atoms with Gasteiger partial charge in [-0.05, 0) is 26.4 Å². The molecular weight excluding hydrogens is 166 g/mol. The summed E-state index contributed by atoms with van der Waals surface area (Å²) in [5.41, 5.74) is 10.4.